The van der Waals surface area contributed by atoms with Crippen LogP contribution in [-0.4, -0.2) is 18.5 Å². The van der Waals surface area contributed by atoms with Crippen molar-refractivity contribution in [1.29, 1.82) is 0 Å². The molecular formula is C17H27N3O. The minimum absolute atomic E-state index is 0.0452. The van der Waals surface area contributed by atoms with Crippen molar-refractivity contribution in [1.82, 2.24) is 5.32 Å². The Morgan fingerprint density at radius 1 is 1.29 bits per heavy atom. The van der Waals surface area contributed by atoms with Gasteiger partial charge in [-0.2, -0.15) is 0 Å². The zero-order chi connectivity index (χ0) is 15.2. The maximum absolute atomic E-state index is 11.9. The second kappa shape index (κ2) is 7.34. The van der Waals surface area contributed by atoms with Gasteiger partial charge in [-0.25, -0.2) is 0 Å². The van der Waals surface area contributed by atoms with Crippen LogP contribution in [0.4, 0.5) is 11.4 Å². The summed E-state index contributed by atoms with van der Waals surface area (Å²) in [5.74, 6) is 0.655. The van der Waals surface area contributed by atoms with Crippen molar-refractivity contribution in [3.8, 4) is 0 Å². The Bertz CT molecular complexity index is 487. The first-order valence-electron chi connectivity index (χ1n) is 8.10. The molecule has 1 aromatic rings. The smallest absolute Gasteiger partial charge is 0.251 e. The number of hydrogen-bond acceptors (Lipinski definition) is 3. The molecule has 1 aromatic carbocycles. The number of benzene rings is 1. The number of nitrogens with one attached hydrogen (secondary N) is 2. The van der Waals surface area contributed by atoms with E-state index in [1.54, 1.807) is 6.07 Å². The second-order valence-corrected chi connectivity index (χ2v) is 5.87. The Hall–Kier alpha value is -1.71. The molecule has 1 saturated carbocycles. The summed E-state index contributed by atoms with van der Waals surface area (Å²) >= 11 is 0. The number of nitrogen functional groups attached to an aromatic ring is 1. The SMILES string of the molecule is CCNC(=O)c1ccc(N)c(NC2CCCCC2CC)c1. The first-order valence-corrected chi connectivity index (χ1v) is 8.10. The first-order chi connectivity index (χ1) is 10.2. The van der Waals surface area contributed by atoms with Crippen LogP contribution in [0.15, 0.2) is 18.2 Å². The predicted molar refractivity (Wildman–Crippen MR) is 88.5 cm³/mol. The highest BCUT2D eigenvalue weighted by atomic mass is 16.1. The lowest BCUT2D eigenvalue weighted by Crippen LogP contribution is -2.32. The molecule has 2 unspecified atom stereocenters. The Labute approximate surface area is 127 Å². The molecule has 1 fully saturated rings. The Morgan fingerprint density at radius 2 is 2.05 bits per heavy atom. The van der Waals surface area contributed by atoms with Crippen LogP contribution >= 0.6 is 0 Å². The van der Waals surface area contributed by atoms with E-state index in [0.717, 1.165) is 5.69 Å². The van der Waals surface area contributed by atoms with E-state index in [1.165, 1.54) is 32.1 Å². The van der Waals surface area contributed by atoms with E-state index >= 15 is 0 Å². The zero-order valence-electron chi connectivity index (χ0n) is 13.1. The summed E-state index contributed by atoms with van der Waals surface area (Å²) in [7, 11) is 0. The third kappa shape index (κ3) is 3.90. The normalized spacial score (nSPS) is 21.8. The van der Waals surface area contributed by atoms with Gasteiger partial charge in [-0.1, -0.05) is 26.2 Å². The third-order valence-corrected chi connectivity index (χ3v) is 4.43. The number of rotatable bonds is 5. The molecule has 0 heterocycles. The van der Waals surface area contributed by atoms with Gasteiger partial charge in [0.2, 0.25) is 0 Å². The lowest BCUT2D eigenvalue weighted by Gasteiger charge is -2.32. The van der Waals surface area contributed by atoms with Gasteiger partial charge in [0.15, 0.2) is 0 Å². The van der Waals surface area contributed by atoms with Crippen LogP contribution in [0.5, 0.6) is 0 Å². The summed E-state index contributed by atoms with van der Waals surface area (Å²) in [5.41, 5.74) is 8.34. The van der Waals surface area contributed by atoms with Crippen molar-refractivity contribution in [3.63, 3.8) is 0 Å². The molecule has 2 atom stereocenters. The number of nitrogens with two attached hydrogens (primary N) is 1. The summed E-state index contributed by atoms with van der Waals surface area (Å²) in [6.07, 6.45) is 6.25. The molecule has 0 saturated heterocycles. The molecule has 116 valence electrons. The summed E-state index contributed by atoms with van der Waals surface area (Å²) in [5, 5.41) is 6.41. The molecule has 0 spiro atoms. The van der Waals surface area contributed by atoms with E-state index in [2.05, 4.69) is 17.6 Å². The van der Waals surface area contributed by atoms with Gasteiger partial charge < -0.3 is 16.4 Å². The molecular weight excluding hydrogens is 262 g/mol. The van der Waals surface area contributed by atoms with Gasteiger partial charge in [0.1, 0.15) is 0 Å². The number of anilines is 2. The molecule has 21 heavy (non-hydrogen) atoms. The average molecular weight is 289 g/mol. The minimum Gasteiger partial charge on any atom is -0.397 e. The molecule has 0 bridgehead atoms. The standard InChI is InChI=1S/C17H27N3O/c1-3-12-7-5-6-8-15(12)20-16-11-13(9-10-14(16)18)17(21)19-4-2/h9-12,15,20H,3-8,18H2,1-2H3,(H,19,21). The molecule has 0 radical (unpaired) electrons. The maximum Gasteiger partial charge on any atom is 0.251 e. The highest BCUT2D eigenvalue weighted by Gasteiger charge is 2.24. The van der Waals surface area contributed by atoms with Crippen LogP contribution in [0.2, 0.25) is 0 Å². The second-order valence-electron chi connectivity index (χ2n) is 5.87. The molecule has 0 aliphatic heterocycles. The predicted octanol–water partition coefficient (Wildman–Crippen LogP) is 3.40. The van der Waals surface area contributed by atoms with Crippen molar-refractivity contribution in [2.75, 3.05) is 17.6 Å². The van der Waals surface area contributed by atoms with E-state index < -0.39 is 0 Å². The number of carbonyl (C=O) groups is 1. The fraction of sp³-hybridized carbons (Fsp3) is 0.588. The van der Waals surface area contributed by atoms with Crippen molar-refractivity contribution < 1.29 is 4.79 Å². The molecule has 2 rings (SSSR count). The summed E-state index contributed by atoms with van der Waals surface area (Å²) in [4.78, 5) is 11.9. The van der Waals surface area contributed by atoms with Gasteiger partial charge in [0.05, 0.1) is 11.4 Å². The van der Waals surface area contributed by atoms with Crippen LogP contribution in [0, 0.1) is 5.92 Å². The fourth-order valence-corrected chi connectivity index (χ4v) is 3.17. The number of carbonyl (C=O) groups excluding carboxylic acids is 1. The van der Waals surface area contributed by atoms with Crippen molar-refractivity contribution >= 4 is 17.3 Å². The van der Waals surface area contributed by atoms with Gasteiger partial charge in [-0.15, -0.1) is 0 Å². The number of hydrogen-bond donors (Lipinski definition) is 3. The molecule has 1 amide bonds. The van der Waals surface area contributed by atoms with Gasteiger partial charge in [0.25, 0.3) is 5.91 Å². The molecule has 4 heteroatoms. The highest BCUT2D eigenvalue weighted by Crippen LogP contribution is 2.31. The van der Waals surface area contributed by atoms with Gasteiger partial charge in [-0.3, -0.25) is 4.79 Å². The summed E-state index contributed by atoms with van der Waals surface area (Å²) in [6.45, 7) is 4.80. The quantitative estimate of drug-likeness (QED) is 0.728. The van der Waals surface area contributed by atoms with E-state index in [-0.39, 0.29) is 5.91 Å². The third-order valence-electron chi connectivity index (χ3n) is 4.43. The minimum atomic E-state index is -0.0452. The van der Waals surface area contributed by atoms with E-state index in [1.807, 2.05) is 19.1 Å². The van der Waals surface area contributed by atoms with Crippen LogP contribution < -0.4 is 16.4 Å². The summed E-state index contributed by atoms with van der Waals surface area (Å²) < 4.78 is 0. The average Bonchev–Trinajstić information content (AvgIpc) is 2.50. The largest absolute Gasteiger partial charge is 0.397 e. The Balaban J connectivity index is 2.14. The highest BCUT2D eigenvalue weighted by molar-refractivity contribution is 5.96. The first kappa shape index (κ1) is 15.7. The fourth-order valence-electron chi connectivity index (χ4n) is 3.17. The van der Waals surface area contributed by atoms with E-state index in [0.29, 0.717) is 29.8 Å². The van der Waals surface area contributed by atoms with Gasteiger partial charge in [-0.05, 0) is 43.9 Å². The zero-order valence-corrected chi connectivity index (χ0v) is 13.1. The van der Waals surface area contributed by atoms with Crippen LogP contribution in [-0.2, 0) is 0 Å². The van der Waals surface area contributed by atoms with E-state index in [4.69, 9.17) is 5.73 Å². The van der Waals surface area contributed by atoms with Crippen molar-refractivity contribution in [2.24, 2.45) is 5.92 Å². The molecule has 4 N–H and O–H groups in total. The van der Waals surface area contributed by atoms with E-state index in [9.17, 15) is 4.79 Å². The molecule has 1 aliphatic carbocycles. The molecule has 0 aromatic heterocycles. The molecule has 4 nitrogen and oxygen atoms in total. The van der Waals surface area contributed by atoms with Crippen LogP contribution in [0.1, 0.15) is 56.3 Å². The lowest BCUT2D eigenvalue weighted by atomic mass is 9.82. The monoisotopic (exact) mass is 289 g/mol. The van der Waals surface area contributed by atoms with Crippen LogP contribution in [0.3, 0.4) is 0 Å². The lowest BCUT2D eigenvalue weighted by molar-refractivity contribution is 0.0956. The maximum atomic E-state index is 11.9. The van der Waals surface area contributed by atoms with Crippen LogP contribution in [0.25, 0.3) is 0 Å². The molecule has 1 aliphatic rings. The van der Waals surface area contributed by atoms with Gasteiger partial charge in [0, 0.05) is 18.2 Å². The Morgan fingerprint density at radius 3 is 2.76 bits per heavy atom. The Kier molecular flexibility index (Phi) is 5.48. The number of amides is 1. The topological polar surface area (TPSA) is 67.2 Å². The van der Waals surface area contributed by atoms with Crippen molar-refractivity contribution in [3.05, 3.63) is 23.8 Å². The van der Waals surface area contributed by atoms with Crippen molar-refractivity contribution in [2.45, 2.75) is 52.0 Å². The van der Waals surface area contributed by atoms with Gasteiger partial charge >= 0.3 is 0 Å². The summed E-state index contributed by atoms with van der Waals surface area (Å²) in [6, 6.07) is 5.94.